The maximum absolute atomic E-state index is 13.2. The Morgan fingerprint density at radius 3 is 2.32 bits per heavy atom. The molecule has 0 fully saturated rings. The summed E-state index contributed by atoms with van der Waals surface area (Å²) in [6.07, 6.45) is -4.48. The summed E-state index contributed by atoms with van der Waals surface area (Å²) < 4.78 is 50.1. The molecular weight excluding hydrogens is 409 g/mol. The smallest absolute Gasteiger partial charge is 0.416 e. The second-order valence-electron chi connectivity index (χ2n) is 7.77. The number of halogens is 3. The normalized spacial score (nSPS) is 15.7. The molecule has 0 aliphatic heterocycles. The number of nitrogens with two attached hydrogens (primary N) is 2. The van der Waals surface area contributed by atoms with Gasteiger partial charge >= 0.3 is 12.1 Å². The molecule has 0 aliphatic rings. The Labute approximate surface area is 180 Å². The van der Waals surface area contributed by atoms with Gasteiger partial charge in [-0.2, -0.15) is 13.2 Å². The van der Waals surface area contributed by atoms with Crippen molar-refractivity contribution < 1.29 is 27.4 Å². The molecule has 2 aromatic carbocycles. The highest BCUT2D eigenvalue weighted by molar-refractivity contribution is 5.75. The zero-order valence-corrected chi connectivity index (χ0v) is 17.9. The third-order valence-corrected chi connectivity index (χ3v) is 5.24. The van der Waals surface area contributed by atoms with Gasteiger partial charge in [0.1, 0.15) is 6.04 Å². The number of benzene rings is 2. The zero-order chi connectivity index (χ0) is 23.2. The van der Waals surface area contributed by atoms with Crippen molar-refractivity contribution in [1.82, 2.24) is 0 Å². The van der Waals surface area contributed by atoms with E-state index in [1.807, 2.05) is 30.3 Å². The van der Waals surface area contributed by atoms with Gasteiger partial charge in [-0.25, -0.2) is 0 Å². The summed E-state index contributed by atoms with van der Waals surface area (Å²) in [5.74, 6) is -0.538. The summed E-state index contributed by atoms with van der Waals surface area (Å²) >= 11 is 0. The van der Waals surface area contributed by atoms with Gasteiger partial charge in [-0.1, -0.05) is 42.0 Å². The van der Waals surface area contributed by atoms with Crippen LogP contribution in [0.5, 0.6) is 0 Å². The van der Waals surface area contributed by atoms with E-state index in [0.717, 1.165) is 17.7 Å². The topological polar surface area (TPSA) is 87.6 Å². The van der Waals surface area contributed by atoms with E-state index in [1.54, 1.807) is 19.9 Å². The first-order chi connectivity index (χ1) is 14.5. The fourth-order valence-corrected chi connectivity index (χ4v) is 3.33. The molecule has 4 N–H and O–H groups in total. The molecule has 0 amide bonds. The molecule has 0 saturated heterocycles. The minimum absolute atomic E-state index is 0.0291. The molecule has 0 radical (unpaired) electrons. The summed E-state index contributed by atoms with van der Waals surface area (Å²) in [4.78, 5) is 11.6. The maximum Gasteiger partial charge on any atom is 0.416 e. The van der Waals surface area contributed by atoms with E-state index < -0.39 is 35.4 Å². The fourth-order valence-electron chi connectivity index (χ4n) is 3.33. The molecule has 2 rings (SSSR count). The Morgan fingerprint density at radius 1 is 1.10 bits per heavy atom. The fraction of sp³-hybridized carbons (Fsp3) is 0.435. The van der Waals surface area contributed by atoms with Crippen LogP contribution in [0.15, 0.2) is 48.5 Å². The summed E-state index contributed by atoms with van der Waals surface area (Å²) in [6.45, 7) is 3.32. The molecule has 0 bridgehead atoms. The number of rotatable bonds is 9. The van der Waals surface area contributed by atoms with Gasteiger partial charge in [-0.15, -0.1) is 0 Å². The number of carbonyl (C=O) groups excluding carboxylic acids is 1. The molecule has 1 unspecified atom stereocenters. The average molecular weight is 438 g/mol. The van der Waals surface area contributed by atoms with Crippen LogP contribution in [-0.4, -0.2) is 25.7 Å². The highest BCUT2D eigenvalue weighted by Gasteiger charge is 2.33. The van der Waals surface area contributed by atoms with Gasteiger partial charge in [0, 0.05) is 0 Å². The molecule has 31 heavy (non-hydrogen) atoms. The largest absolute Gasteiger partial charge is 0.468 e. The molecule has 0 aliphatic carbocycles. The number of hydrogen-bond acceptors (Lipinski definition) is 5. The Balaban J connectivity index is 2.20. The molecule has 0 heterocycles. The first kappa shape index (κ1) is 24.8. The molecule has 2 aromatic rings. The second-order valence-corrected chi connectivity index (χ2v) is 7.77. The Hall–Kier alpha value is -2.42. The van der Waals surface area contributed by atoms with Gasteiger partial charge in [0.05, 0.1) is 30.9 Å². The van der Waals surface area contributed by atoms with Crippen LogP contribution in [0.25, 0.3) is 0 Å². The zero-order valence-electron chi connectivity index (χ0n) is 17.9. The average Bonchev–Trinajstić information content (AvgIpc) is 2.74. The van der Waals surface area contributed by atoms with Crippen molar-refractivity contribution >= 4 is 5.97 Å². The summed E-state index contributed by atoms with van der Waals surface area (Å²) in [5.41, 5.74) is 12.5. The van der Waals surface area contributed by atoms with E-state index in [9.17, 15) is 18.0 Å². The van der Waals surface area contributed by atoms with Gasteiger partial charge in [-0.3, -0.25) is 4.79 Å². The van der Waals surface area contributed by atoms with E-state index in [2.05, 4.69) is 4.74 Å². The van der Waals surface area contributed by atoms with Gasteiger partial charge in [0.15, 0.2) is 0 Å². The SMILES string of the molecule is COC(=O)C(N)CC[C@@](N)(CO[C@H](C)c1cc(C)cc(C(F)(F)F)c1)c1ccccc1. The first-order valence-corrected chi connectivity index (χ1v) is 9.94. The van der Waals surface area contributed by atoms with Crippen LogP contribution in [0.4, 0.5) is 13.2 Å². The number of alkyl halides is 3. The standard InChI is InChI=1S/C23H29F3N2O3/c1-15-11-17(13-19(12-15)23(24,25)26)16(2)31-14-22(28,18-7-5-4-6-8-18)10-9-20(27)21(29)30-3/h4-8,11-13,16,20H,9-10,14,27-28H2,1-3H3/t16-,20?,22-/m1/s1. The van der Waals surface area contributed by atoms with Crippen molar-refractivity contribution in [3.05, 3.63) is 70.8 Å². The third-order valence-electron chi connectivity index (χ3n) is 5.24. The van der Waals surface area contributed by atoms with Gasteiger partial charge in [0.25, 0.3) is 0 Å². The van der Waals surface area contributed by atoms with Crippen LogP contribution >= 0.6 is 0 Å². The number of methoxy groups -OCH3 is 1. The highest BCUT2D eigenvalue weighted by atomic mass is 19.4. The van der Waals surface area contributed by atoms with Crippen LogP contribution < -0.4 is 11.5 Å². The minimum atomic E-state index is -4.44. The first-order valence-electron chi connectivity index (χ1n) is 9.94. The van der Waals surface area contributed by atoms with Crippen LogP contribution in [0.1, 0.15) is 48.1 Å². The Kier molecular flexibility index (Phi) is 8.22. The predicted octanol–water partition coefficient (Wildman–Crippen LogP) is 4.23. The number of carbonyl (C=O) groups is 1. The molecule has 3 atom stereocenters. The lowest BCUT2D eigenvalue weighted by Gasteiger charge is -2.32. The lowest BCUT2D eigenvalue weighted by molar-refractivity contribution is -0.142. The van der Waals surface area contributed by atoms with E-state index in [4.69, 9.17) is 16.2 Å². The number of esters is 1. The van der Waals surface area contributed by atoms with Gasteiger partial charge in [-0.05, 0) is 49.9 Å². The number of aryl methyl sites for hydroxylation is 1. The maximum atomic E-state index is 13.2. The molecule has 8 heteroatoms. The molecule has 0 spiro atoms. The molecular formula is C23H29F3N2O3. The number of ether oxygens (including phenoxy) is 2. The summed E-state index contributed by atoms with van der Waals surface area (Å²) in [7, 11) is 1.26. The van der Waals surface area contributed by atoms with Gasteiger partial charge in [0.2, 0.25) is 0 Å². The van der Waals surface area contributed by atoms with Crippen molar-refractivity contribution in [3.8, 4) is 0 Å². The van der Waals surface area contributed by atoms with E-state index >= 15 is 0 Å². The van der Waals surface area contributed by atoms with Crippen molar-refractivity contribution in [2.75, 3.05) is 13.7 Å². The quantitative estimate of drug-likeness (QED) is 0.572. The van der Waals surface area contributed by atoms with Crippen molar-refractivity contribution in [2.24, 2.45) is 11.5 Å². The van der Waals surface area contributed by atoms with Crippen LogP contribution in [0, 0.1) is 6.92 Å². The monoisotopic (exact) mass is 438 g/mol. The third kappa shape index (κ3) is 6.78. The molecule has 0 aromatic heterocycles. The highest BCUT2D eigenvalue weighted by Crippen LogP contribution is 2.33. The van der Waals surface area contributed by atoms with Crippen LogP contribution in [0.3, 0.4) is 0 Å². The van der Waals surface area contributed by atoms with Gasteiger partial charge < -0.3 is 20.9 Å². The lowest BCUT2D eigenvalue weighted by Crippen LogP contribution is -2.44. The van der Waals surface area contributed by atoms with Crippen LogP contribution in [-0.2, 0) is 26.0 Å². The van der Waals surface area contributed by atoms with E-state index in [-0.39, 0.29) is 13.0 Å². The van der Waals surface area contributed by atoms with E-state index in [1.165, 1.54) is 7.11 Å². The summed E-state index contributed by atoms with van der Waals surface area (Å²) in [5, 5.41) is 0. The van der Waals surface area contributed by atoms with Crippen molar-refractivity contribution in [2.45, 2.75) is 50.6 Å². The lowest BCUT2D eigenvalue weighted by atomic mass is 9.85. The van der Waals surface area contributed by atoms with Crippen LogP contribution in [0.2, 0.25) is 0 Å². The summed E-state index contributed by atoms with van der Waals surface area (Å²) in [6, 6.07) is 12.2. The molecule has 170 valence electrons. The van der Waals surface area contributed by atoms with Crippen molar-refractivity contribution in [1.29, 1.82) is 0 Å². The number of hydrogen-bond donors (Lipinski definition) is 2. The predicted molar refractivity (Wildman–Crippen MR) is 112 cm³/mol. The van der Waals surface area contributed by atoms with Crippen molar-refractivity contribution in [3.63, 3.8) is 0 Å². The molecule has 0 saturated carbocycles. The second kappa shape index (κ2) is 10.3. The molecule has 5 nitrogen and oxygen atoms in total. The Morgan fingerprint density at radius 2 is 1.74 bits per heavy atom. The van der Waals surface area contributed by atoms with E-state index in [0.29, 0.717) is 17.5 Å². The Bertz CT molecular complexity index is 874. The minimum Gasteiger partial charge on any atom is -0.468 e.